The number of imidazole rings is 1. The number of rotatable bonds is 7. The van der Waals surface area contributed by atoms with E-state index in [-0.39, 0.29) is 0 Å². The smallest absolute Gasteiger partial charge is 0.123 e. The van der Waals surface area contributed by atoms with Gasteiger partial charge >= 0.3 is 0 Å². The van der Waals surface area contributed by atoms with Crippen molar-refractivity contribution in [2.45, 2.75) is 39.4 Å². The number of hydrogen-bond donors (Lipinski definition) is 1. The van der Waals surface area contributed by atoms with Crippen molar-refractivity contribution < 1.29 is 0 Å². The summed E-state index contributed by atoms with van der Waals surface area (Å²) in [7, 11) is 4.22. The number of nitrogens with zero attached hydrogens (tertiary/aromatic N) is 3. The predicted molar refractivity (Wildman–Crippen MR) is 84.9 cm³/mol. The molecule has 0 spiro atoms. The summed E-state index contributed by atoms with van der Waals surface area (Å²) in [5.41, 5.74) is 2.34. The van der Waals surface area contributed by atoms with Gasteiger partial charge in [0.15, 0.2) is 0 Å². The molecule has 0 saturated carbocycles. The molecular weight excluding hydrogens is 248 g/mol. The molecule has 2 aromatic rings. The summed E-state index contributed by atoms with van der Waals surface area (Å²) in [4.78, 5) is 6.98. The molecule has 0 radical (unpaired) electrons. The van der Waals surface area contributed by atoms with Crippen molar-refractivity contribution in [2.24, 2.45) is 0 Å². The van der Waals surface area contributed by atoms with Gasteiger partial charge in [-0.15, -0.1) is 0 Å². The molecule has 0 aliphatic heterocycles. The molecule has 1 atom stereocenters. The van der Waals surface area contributed by atoms with E-state index in [1.807, 2.05) is 0 Å². The van der Waals surface area contributed by atoms with E-state index >= 15 is 0 Å². The highest BCUT2D eigenvalue weighted by Crippen LogP contribution is 2.16. The van der Waals surface area contributed by atoms with E-state index in [9.17, 15) is 0 Å². The second-order valence-electron chi connectivity index (χ2n) is 5.61. The Morgan fingerprint density at radius 3 is 2.75 bits per heavy atom. The van der Waals surface area contributed by atoms with Crippen molar-refractivity contribution in [3.8, 4) is 0 Å². The first kappa shape index (κ1) is 15.0. The van der Waals surface area contributed by atoms with Gasteiger partial charge in [-0.2, -0.15) is 0 Å². The molecule has 1 aromatic carbocycles. The topological polar surface area (TPSA) is 33.1 Å². The third kappa shape index (κ3) is 3.38. The Balaban J connectivity index is 2.10. The molecule has 0 aliphatic rings. The molecule has 110 valence electrons. The van der Waals surface area contributed by atoms with Gasteiger partial charge < -0.3 is 14.8 Å². The number of likely N-dealkylation sites (N-methyl/N-ethyl adjacent to an activating group) is 1. The monoisotopic (exact) mass is 274 g/mol. The van der Waals surface area contributed by atoms with Gasteiger partial charge in [0, 0.05) is 19.1 Å². The number of aromatic nitrogens is 2. The zero-order chi connectivity index (χ0) is 14.5. The fraction of sp³-hybridized carbons (Fsp3) is 0.562. The molecule has 1 heterocycles. The first-order valence-electron chi connectivity index (χ1n) is 7.44. The first-order chi connectivity index (χ1) is 9.63. The lowest BCUT2D eigenvalue weighted by Crippen LogP contribution is -2.35. The average Bonchev–Trinajstić information content (AvgIpc) is 2.77. The van der Waals surface area contributed by atoms with Crippen molar-refractivity contribution in [3.63, 3.8) is 0 Å². The standard InChI is InChI=1S/C16H26N4/c1-5-10-20-15-9-7-6-8-14(15)18-16(20)12-17-11-13(2)19(3)4/h6-9,13,17H,5,10-12H2,1-4H3. The second kappa shape index (κ2) is 6.86. The molecule has 4 nitrogen and oxygen atoms in total. The normalized spacial score (nSPS) is 13.2. The third-order valence-corrected chi connectivity index (χ3v) is 3.79. The van der Waals surface area contributed by atoms with E-state index in [4.69, 9.17) is 4.98 Å². The van der Waals surface area contributed by atoms with E-state index < -0.39 is 0 Å². The Morgan fingerprint density at radius 2 is 2.05 bits per heavy atom. The molecule has 1 unspecified atom stereocenters. The summed E-state index contributed by atoms with van der Waals surface area (Å²) < 4.78 is 2.34. The Bertz CT molecular complexity index is 544. The number of hydrogen-bond acceptors (Lipinski definition) is 3. The summed E-state index contributed by atoms with van der Waals surface area (Å²) in [5, 5.41) is 3.52. The van der Waals surface area contributed by atoms with Crippen molar-refractivity contribution in [1.29, 1.82) is 0 Å². The minimum absolute atomic E-state index is 0.527. The van der Waals surface area contributed by atoms with E-state index in [1.54, 1.807) is 0 Å². The Morgan fingerprint density at radius 1 is 1.30 bits per heavy atom. The Kier molecular flexibility index (Phi) is 5.15. The highest BCUT2D eigenvalue weighted by Gasteiger charge is 2.10. The summed E-state index contributed by atoms with van der Waals surface area (Å²) >= 11 is 0. The van der Waals surface area contributed by atoms with E-state index in [2.05, 4.69) is 67.0 Å². The predicted octanol–water partition coefficient (Wildman–Crippen LogP) is 2.49. The number of fused-ring (bicyclic) bond motifs is 1. The van der Waals surface area contributed by atoms with Gasteiger partial charge in [0.25, 0.3) is 0 Å². The van der Waals surface area contributed by atoms with Crippen LogP contribution in [0.3, 0.4) is 0 Å². The zero-order valence-corrected chi connectivity index (χ0v) is 13.1. The van der Waals surface area contributed by atoms with Crippen LogP contribution >= 0.6 is 0 Å². The lowest BCUT2D eigenvalue weighted by molar-refractivity contribution is 0.301. The van der Waals surface area contributed by atoms with Crippen LogP contribution < -0.4 is 5.32 Å². The van der Waals surface area contributed by atoms with Gasteiger partial charge in [0.05, 0.1) is 17.6 Å². The van der Waals surface area contributed by atoms with Crippen LogP contribution in [0.5, 0.6) is 0 Å². The maximum atomic E-state index is 4.76. The second-order valence-corrected chi connectivity index (χ2v) is 5.61. The van der Waals surface area contributed by atoms with Crippen LogP contribution in [-0.4, -0.2) is 41.1 Å². The number of nitrogens with one attached hydrogen (secondary N) is 1. The largest absolute Gasteiger partial charge is 0.327 e. The van der Waals surface area contributed by atoms with E-state index in [0.29, 0.717) is 6.04 Å². The van der Waals surface area contributed by atoms with Crippen molar-refractivity contribution in [3.05, 3.63) is 30.1 Å². The van der Waals surface area contributed by atoms with Gasteiger partial charge in [-0.3, -0.25) is 0 Å². The molecule has 4 heteroatoms. The minimum atomic E-state index is 0.527. The van der Waals surface area contributed by atoms with Crippen molar-refractivity contribution in [1.82, 2.24) is 19.8 Å². The Labute approximate surface area is 121 Å². The van der Waals surface area contributed by atoms with Gasteiger partial charge in [0.1, 0.15) is 5.82 Å². The molecule has 0 bridgehead atoms. The fourth-order valence-electron chi connectivity index (χ4n) is 2.31. The Hall–Kier alpha value is -1.39. The molecule has 0 aliphatic carbocycles. The van der Waals surface area contributed by atoms with Crippen LogP contribution in [0.15, 0.2) is 24.3 Å². The lowest BCUT2D eigenvalue weighted by Gasteiger charge is -2.20. The molecule has 20 heavy (non-hydrogen) atoms. The molecule has 0 amide bonds. The SMILES string of the molecule is CCCn1c(CNCC(C)N(C)C)nc2ccccc21. The number of aryl methyl sites for hydroxylation is 1. The minimum Gasteiger partial charge on any atom is -0.327 e. The molecular formula is C16H26N4. The van der Waals surface area contributed by atoms with Crippen LogP contribution in [0.1, 0.15) is 26.1 Å². The van der Waals surface area contributed by atoms with E-state index in [0.717, 1.165) is 37.4 Å². The van der Waals surface area contributed by atoms with Crippen molar-refractivity contribution in [2.75, 3.05) is 20.6 Å². The van der Waals surface area contributed by atoms with Crippen LogP contribution in [0, 0.1) is 0 Å². The lowest BCUT2D eigenvalue weighted by atomic mass is 10.3. The van der Waals surface area contributed by atoms with Gasteiger partial charge in [-0.25, -0.2) is 4.98 Å². The molecule has 1 N–H and O–H groups in total. The quantitative estimate of drug-likeness (QED) is 0.842. The summed E-state index contributed by atoms with van der Waals surface area (Å²) in [6, 6.07) is 8.91. The third-order valence-electron chi connectivity index (χ3n) is 3.79. The summed E-state index contributed by atoms with van der Waals surface area (Å²) in [6.07, 6.45) is 1.13. The molecule has 2 rings (SSSR count). The molecule has 0 fully saturated rings. The summed E-state index contributed by atoms with van der Waals surface area (Å²) in [6.45, 7) is 7.26. The maximum Gasteiger partial charge on any atom is 0.123 e. The molecule has 1 aromatic heterocycles. The molecule has 0 saturated heterocycles. The average molecular weight is 274 g/mol. The first-order valence-corrected chi connectivity index (χ1v) is 7.44. The van der Waals surface area contributed by atoms with Gasteiger partial charge in [0.2, 0.25) is 0 Å². The number of para-hydroxylation sites is 2. The van der Waals surface area contributed by atoms with Crippen LogP contribution in [-0.2, 0) is 13.1 Å². The summed E-state index contributed by atoms with van der Waals surface area (Å²) in [5.74, 6) is 1.14. The van der Waals surface area contributed by atoms with Gasteiger partial charge in [-0.1, -0.05) is 19.1 Å². The maximum absolute atomic E-state index is 4.76. The zero-order valence-electron chi connectivity index (χ0n) is 13.1. The van der Waals surface area contributed by atoms with Crippen LogP contribution in [0.4, 0.5) is 0 Å². The van der Waals surface area contributed by atoms with Crippen LogP contribution in [0.2, 0.25) is 0 Å². The highest BCUT2D eigenvalue weighted by molar-refractivity contribution is 5.75. The van der Waals surface area contributed by atoms with Crippen LogP contribution in [0.25, 0.3) is 11.0 Å². The highest BCUT2D eigenvalue weighted by atomic mass is 15.1. The van der Waals surface area contributed by atoms with E-state index in [1.165, 1.54) is 5.52 Å². The number of benzene rings is 1. The fourth-order valence-corrected chi connectivity index (χ4v) is 2.31. The van der Waals surface area contributed by atoms with Crippen molar-refractivity contribution >= 4 is 11.0 Å². The van der Waals surface area contributed by atoms with Gasteiger partial charge in [-0.05, 0) is 39.6 Å².